The molecule has 7 heteroatoms. The maximum atomic E-state index is 12.5. The van der Waals surface area contributed by atoms with Crippen LogP contribution in [0.25, 0.3) is 0 Å². The highest BCUT2D eigenvalue weighted by molar-refractivity contribution is 7.89. The lowest BCUT2D eigenvalue weighted by Gasteiger charge is -2.17. The SMILES string of the molecule is COc1ccc(C(=O)CCN(C=O)S(=O)(=O)c2ccc(C)cc2)cc1. The Morgan fingerprint density at radius 1 is 1.08 bits per heavy atom. The summed E-state index contributed by atoms with van der Waals surface area (Å²) in [6.07, 6.45) is 0.132. The average molecular weight is 361 g/mol. The van der Waals surface area contributed by atoms with Crippen molar-refractivity contribution in [2.75, 3.05) is 13.7 Å². The molecule has 0 aliphatic carbocycles. The smallest absolute Gasteiger partial charge is 0.266 e. The maximum Gasteiger partial charge on any atom is 0.266 e. The largest absolute Gasteiger partial charge is 0.497 e. The molecule has 0 aromatic heterocycles. The summed E-state index contributed by atoms with van der Waals surface area (Å²) in [4.78, 5) is 23.5. The fraction of sp³-hybridized carbons (Fsp3) is 0.222. The van der Waals surface area contributed by atoms with E-state index in [9.17, 15) is 18.0 Å². The minimum absolute atomic E-state index is 0.0158. The van der Waals surface area contributed by atoms with Gasteiger partial charge in [-0.15, -0.1) is 0 Å². The standard InChI is InChI=1S/C18H19NO5S/c1-14-3-9-17(10-4-14)25(22,23)19(13-20)12-11-18(21)15-5-7-16(24-2)8-6-15/h3-10,13H,11-12H2,1-2H3. The molecule has 132 valence electrons. The lowest BCUT2D eigenvalue weighted by molar-refractivity contribution is -0.114. The van der Waals surface area contributed by atoms with Crippen LogP contribution >= 0.6 is 0 Å². The highest BCUT2D eigenvalue weighted by Gasteiger charge is 2.23. The van der Waals surface area contributed by atoms with Gasteiger partial charge in [0.25, 0.3) is 10.0 Å². The van der Waals surface area contributed by atoms with E-state index in [-0.39, 0.29) is 30.1 Å². The molecule has 0 saturated carbocycles. The summed E-state index contributed by atoms with van der Waals surface area (Å²) < 4.78 is 30.6. The summed E-state index contributed by atoms with van der Waals surface area (Å²) in [7, 11) is -2.44. The lowest BCUT2D eigenvalue weighted by atomic mass is 10.1. The Kier molecular flexibility index (Phi) is 5.93. The molecule has 6 nitrogen and oxygen atoms in total. The fourth-order valence-electron chi connectivity index (χ4n) is 2.21. The van der Waals surface area contributed by atoms with Crippen LogP contribution in [0.2, 0.25) is 0 Å². The average Bonchev–Trinajstić information content (AvgIpc) is 2.62. The molecule has 2 aromatic carbocycles. The number of amides is 1. The number of ether oxygens (including phenoxy) is 1. The molecule has 2 rings (SSSR count). The molecule has 0 fully saturated rings. The van der Waals surface area contributed by atoms with E-state index < -0.39 is 10.0 Å². The van der Waals surface area contributed by atoms with Gasteiger partial charge in [-0.05, 0) is 43.3 Å². The van der Waals surface area contributed by atoms with Crippen LogP contribution in [0.4, 0.5) is 0 Å². The van der Waals surface area contributed by atoms with E-state index in [2.05, 4.69) is 0 Å². The molecular formula is C18H19NO5S. The van der Waals surface area contributed by atoms with Crippen molar-refractivity contribution in [1.29, 1.82) is 0 Å². The van der Waals surface area contributed by atoms with E-state index in [1.54, 1.807) is 36.4 Å². The number of Topliss-reactive ketones (excluding diaryl/α,β-unsaturated/α-hetero) is 1. The van der Waals surface area contributed by atoms with Gasteiger partial charge in [0.2, 0.25) is 6.41 Å². The molecular weight excluding hydrogens is 342 g/mol. The van der Waals surface area contributed by atoms with Crippen molar-refractivity contribution in [3.63, 3.8) is 0 Å². The van der Waals surface area contributed by atoms with Crippen molar-refractivity contribution in [1.82, 2.24) is 4.31 Å². The first-order chi connectivity index (χ1) is 11.9. The van der Waals surface area contributed by atoms with Gasteiger partial charge in [-0.1, -0.05) is 17.7 Å². The van der Waals surface area contributed by atoms with Gasteiger partial charge in [0.05, 0.1) is 12.0 Å². The molecule has 2 aromatic rings. The van der Waals surface area contributed by atoms with Crippen LogP contribution in [-0.2, 0) is 14.8 Å². The summed E-state index contributed by atoms with van der Waals surface area (Å²) in [5, 5.41) is 0. The van der Waals surface area contributed by atoms with Crippen LogP contribution in [0.5, 0.6) is 5.75 Å². The van der Waals surface area contributed by atoms with Gasteiger partial charge < -0.3 is 4.74 Å². The molecule has 0 bridgehead atoms. The summed E-state index contributed by atoms with van der Waals surface area (Å²) in [6.45, 7) is 1.62. The predicted molar refractivity (Wildman–Crippen MR) is 93.1 cm³/mol. The Bertz CT molecular complexity index is 842. The molecule has 0 radical (unpaired) electrons. The zero-order valence-corrected chi connectivity index (χ0v) is 14.8. The summed E-state index contributed by atoms with van der Waals surface area (Å²) in [6, 6.07) is 12.7. The first kappa shape index (κ1) is 18.7. The highest BCUT2D eigenvalue weighted by Crippen LogP contribution is 2.17. The number of hydrogen-bond acceptors (Lipinski definition) is 5. The van der Waals surface area contributed by atoms with Crippen LogP contribution < -0.4 is 4.74 Å². The molecule has 0 heterocycles. The molecule has 25 heavy (non-hydrogen) atoms. The molecule has 0 unspecified atom stereocenters. The molecule has 0 spiro atoms. The van der Waals surface area contributed by atoms with Crippen molar-refractivity contribution in [2.24, 2.45) is 0 Å². The summed E-state index contributed by atoms with van der Waals surface area (Å²) in [5.74, 6) is 0.363. The number of nitrogens with zero attached hydrogens (tertiary/aromatic N) is 1. The minimum Gasteiger partial charge on any atom is -0.497 e. The third kappa shape index (κ3) is 4.45. The van der Waals surface area contributed by atoms with Gasteiger partial charge >= 0.3 is 0 Å². The zero-order chi connectivity index (χ0) is 18.4. The first-order valence-corrected chi connectivity index (χ1v) is 9.03. The number of carbonyl (C=O) groups is 2. The van der Waals surface area contributed by atoms with Crippen LogP contribution in [-0.4, -0.2) is 38.6 Å². The van der Waals surface area contributed by atoms with Gasteiger partial charge in [0, 0.05) is 18.5 Å². The van der Waals surface area contributed by atoms with Crippen molar-refractivity contribution >= 4 is 22.2 Å². The van der Waals surface area contributed by atoms with E-state index in [0.29, 0.717) is 15.6 Å². The third-order valence-corrected chi connectivity index (χ3v) is 5.47. The number of methoxy groups -OCH3 is 1. The molecule has 1 amide bonds. The minimum atomic E-state index is -3.96. The quantitative estimate of drug-likeness (QED) is 0.533. The number of benzene rings is 2. The first-order valence-electron chi connectivity index (χ1n) is 7.59. The van der Waals surface area contributed by atoms with Crippen molar-refractivity contribution in [3.05, 3.63) is 59.7 Å². The summed E-state index contributed by atoms with van der Waals surface area (Å²) >= 11 is 0. The van der Waals surface area contributed by atoms with E-state index >= 15 is 0 Å². The molecule has 0 N–H and O–H groups in total. The number of ketones is 1. The van der Waals surface area contributed by atoms with E-state index in [4.69, 9.17) is 4.74 Å². The second-order valence-corrected chi connectivity index (χ2v) is 7.33. The Labute approximate surface area is 147 Å². The van der Waals surface area contributed by atoms with Crippen molar-refractivity contribution < 1.29 is 22.7 Å². The topological polar surface area (TPSA) is 80.8 Å². The second kappa shape index (κ2) is 7.94. The van der Waals surface area contributed by atoms with Crippen LogP contribution in [0, 0.1) is 6.92 Å². The van der Waals surface area contributed by atoms with Crippen LogP contribution in [0.1, 0.15) is 22.3 Å². The van der Waals surface area contributed by atoms with Gasteiger partial charge in [0.15, 0.2) is 5.78 Å². The van der Waals surface area contributed by atoms with Gasteiger partial charge in [0.1, 0.15) is 5.75 Å². The highest BCUT2D eigenvalue weighted by atomic mass is 32.2. The van der Waals surface area contributed by atoms with Gasteiger partial charge in [-0.2, -0.15) is 0 Å². The molecule has 0 saturated heterocycles. The van der Waals surface area contributed by atoms with Crippen molar-refractivity contribution in [2.45, 2.75) is 18.2 Å². The number of hydrogen-bond donors (Lipinski definition) is 0. The Morgan fingerprint density at radius 3 is 2.20 bits per heavy atom. The van der Waals surface area contributed by atoms with Crippen molar-refractivity contribution in [3.8, 4) is 5.75 Å². The van der Waals surface area contributed by atoms with Gasteiger partial charge in [-0.3, -0.25) is 9.59 Å². The normalized spacial score (nSPS) is 11.0. The van der Waals surface area contributed by atoms with Crippen LogP contribution in [0.3, 0.4) is 0 Å². The van der Waals surface area contributed by atoms with E-state index in [1.165, 1.54) is 19.2 Å². The zero-order valence-electron chi connectivity index (χ0n) is 14.0. The predicted octanol–water partition coefficient (Wildman–Crippen LogP) is 2.42. The number of sulfonamides is 1. The van der Waals surface area contributed by atoms with Gasteiger partial charge in [-0.25, -0.2) is 12.7 Å². The Morgan fingerprint density at radius 2 is 1.68 bits per heavy atom. The summed E-state index contributed by atoms with van der Waals surface area (Å²) in [5.41, 5.74) is 1.34. The second-order valence-electron chi connectivity index (χ2n) is 5.44. The number of aryl methyl sites for hydroxylation is 1. The monoisotopic (exact) mass is 361 g/mol. The molecule has 0 aliphatic heterocycles. The van der Waals surface area contributed by atoms with Crippen LogP contribution in [0.15, 0.2) is 53.4 Å². The third-order valence-electron chi connectivity index (χ3n) is 3.72. The van der Waals surface area contributed by atoms with E-state index in [1.807, 2.05) is 6.92 Å². The number of carbonyl (C=O) groups excluding carboxylic acids is 2. The van der Waals surface area contributed by atoms with E-state index in [0.717, 1.165) is 5.56 Å². The lowest BCUT2D eigenvalue weighted by Crippen LogP contribution is -2.31. The molecule has 0 aliphatic rings. The number of rotatable bonds is 8. The maximum absolute atomic E-state index is 12.5. The Balaban J connectivity index is 2.09. The molecule has 0 atom stereocenters. The Hall–Kier alpha value is -2.67. The fourth-order valence-corrected chi connectivity index (χ4v) is 3.40.